The maximum Gasteiger partial charge on any atom is 0.146 e. The van der Waals surface area contributed by atoms with Gasteiger partial charge in [-0.2, -0.15) is 0 Å². The maximum atomic E-state index is 15.1. The molecule has 3 aromatic carbocycles. The van der Waals surface area contributed by atoms with Gasteiger partial charge in [0.2, 0.25) is 0 Å². The molecule has 0 bridgehead atoms. The molecule has 0 spiro atoms. The molecule has 0 saturated heterocycles. The van der Waals surface area contributed by atoms with Crippen LogP contribution in [0.15, 0.2) is 42.5 Å². The average molecular weight is 511 g/mol. The van der Waals surface area contributed by atoms with Crippen molar-refractivity contribution in [1.82, 2.24) is 0 Å². The van der Waals surface area contributed by atoms with E-state index in [2.05, 4.69) is 24.8 Å². The third-order valence-corrected chi connectivity index (χ3v) is 7.98. The molecule has 1 fully saturated rings. The van der Waals surface area contributed by atoms with Gasteiger partial charge in [-0.3, -0.25) is 0 Å². The SMILES string of the molecule is CCCCCCC1CCC(CCc2ccc3c(F)c(C#Cc4cc(F)c(Cl)c(F)c4)ccc3c2)CC1. The molecule has 0 unspecified atom stereocenters. The molecular weight excluding hydrogens is 477 g/mol. The Morgan fingerprint density at radius 2 is 1.50 bits per heavy atom. The summed E-state index contributed by atoms with van der Waals surface area (Å²) in [6.07, 6.45) is 14.5. The van der Waals surface area contributed by atoms with Crippen molar-refractivity contribution in [2.45, 2.75) is 77.6 Å². The summed E-state index contributed by atoms with van der Waals surface area (Å²) >= 11 is 5.51. The first-order valence-corrected chi connectivity index (χ1v) is 13.7. The van der Waals surface area contributed by atoms with E-state index in [1.165, 1.54) is 69.8 Å². The predicted octanol–water partition coefficient (Wildman–Crippen LogP) is 10.0. The Bertz CT molecular complexity index is 1220. The Labute approximate surface area is 218 Å². The number of hydrogen-bond acceptors (Lipinski definition) is 0. The van der Waals surface area contributed by atoms with Gasteiger partial charge >= 0.3 is 0 Å². The lowest BCUT2D eigenvalue weighted by atomic mass is 9.77. The highest BCUT2D eigenvalue weighted by Gasteiger charge is 2.20. The third kappa shape index (κ3) is 6.86. The fourth-order valence-electron chi connectivity index (χ4n) is 5.40. The summed E-state index contributed by atoms with van der Waals surface area (Å²) in [6.45, 7) is 2.27. The van der Waals surface area contributed by atoms with Crippen molar-refractivity contribution in [1.29, 1.82) is 0 Å². The fraction of sp³-hybridized carbons (Fsp3) is 0.438. The summed E-state index contributed by atoms with van der Waals surface area (Å²) in [5.74, 6) is 4.87. The Morgan fingerprint density at radius 1 is 0.806 bits per heavy atom. The molecule has 1 aliphatic carbocycles. The number of fused-ring (bicyclic) bond motifs is 1. The minimum absolute atomic E-state index is 0.106. The Morgan fingerprint density at radius 3 is 2.19 bits per heavy atom. The molecule has 0 nitrogen and oxygen atoms in total. The molecule has 0 heterocycles. The quantitative estimate of drug-likeness (QED) is 0.161. The molecule has 4 rings (SSSR count). The summed E-state index contributed by atoms with van der Waals surface area (Å²) in [5, 5.41) is 0.774. The van der Waals surface area contributed by atoms with Crippen LogP contribution in [0, 0.1) is 41.1 Å². The van der Waals surface area contributed by atoms with E-state index >= 15 is 4.39 Å². The highest BCUT2D eigenvalue weighted by atomic mass is 35.5. The van der Waals surface area contributed by atoms with E-state index in [4.69, 9.17) is 11.6 Å². The normalized spacial score (nSPS) is 17.7. The molecule has 0 atom stereocenters. The van der Waals surface area contributed by atoms with Crippen LogP contribution in [0.5, 0.6) is 0 Å². The molecule has 36 heavy (non-hydrogen) atoms. The standard InChI is InChI=1S/C32H34ClF3/c1-2-3-4-5-6-22-7-9-23(10-8-22)11-12-24-14-18-28-27(19-24)17-16-26(32(28)36)15-13-25-20-29(34)31(33)30(35)21-25/h14,16-23H,2-12H2,1H3. The third-order valence-electron chi connectivity index (χ3n) is 7.62. The smallest absolute Gasteiger partial charge is 0.146 e. The molecule has 0 amide bonds. The lowest BCUT2D eigenvalue weighted by Gasteiger charge is -2.28. The Kier molecular flexibility index (Phi) is 9.38. The molecule has 0 radical (unpaired) electrons. The van der Waals surface area contributed by atoms with Crippen LogP contribution in [-0.2, 0) is 6.42 Å². The zero-order valence-electron chi connectivity index (χ0n) is 21.0. The molecular formula is C32H34ClF3. The van der Waals surface area contributed by atoms with E-state index < -0.39 is 22.5 Å². The van der Waals surface area contributed by atoms with E-state index in [0.717, 1.165) is 35.8 Å². The van der Waals surface area contributed by atoms with Crippen LogP contribution >= 0.6 is 11.6 Å². The van der Waals surface area contributed by atoms with Crippen molar-refractivity contribution in [3.05, 3.63) is 81.6 Å². The highest BCUT2D eigenvalue weighted by Crippen LogP contribution is 2.34. The lowest BCUT2D eigenvalue weighted by Crippen LogP contribution is -2.15. The molecule has 0 N–H and O–H groups in total. The van der Waals surface area contributed by atoms with Crippen LogP contribution in [0.3, 0.4) is 0 Å². The van der Waals surface area contributed by atoms with Crippen LogP contribution in [0.1, 0.15) is 87.8 Å². The first-order chi connectivity index (χ1) is 17.4. The number of unbranched alkanes of at least 4 members (excludes halogenated alkanes) is 3. The van der Waals surface area contributed by atoms with E-state index in [9.17, 15) is 8.78 Å². The van der Waals surface area contributed by atoms with Crippen molar-refractivity contribution in [2.75, 3.05) is 0 Å². The molecule has 0 aromatic heterocycles. The number of rotatable bonds is 8. The molecule has 1 saturated carbocycles. The van der Waals surface area contributed by atoms with Gasteiger partial charge in [0.25, 0.3) is 0 Å². The molecule has 1 aliphatic rings. The summed E-state index contributed by atoms with van der Waals surface area (Å²) in [6, 6.07) is 11.5. The van der Waals surface area contributed by atoms with Crippen molar-refractivity contribution < 1.29 is 13.2 Å². The van der Waals surface area contributed by atoms with Gasteiger partial charge in [-0.15, -0.1) is 0 Å². The number of hydrogen-bond donors (Lipinski definition) is 0. The Balaban J connectivity index is 1.35. The van der Waals surface area contributed by atoms with Gasteiger partial charge in [0.1, 0.15) is 22.5 Å². The van der Waals surface area contributed by atoms with Crippen molar-refractivity contribution in [3.63, 3.8) is 0 Å². The minimum Gasteiger partial charge on any atom is -0.205 e. The summed E-state index contributed by atoms with van der Waals surface area (Å²) < 4.78 is 42.4. The zero-order valence-corrected chi connectivity index (χ0v) is 21.7. The minimum atomic E-state index is -0.886. The van der Waals surface area contributed by atoms with Crippen LogP contribution in [0.25, 0.3) is 10.8 Å². The highest BCUT2D eigenvalue weighted by molar-refractivity contribution is 6.30. The van der Waals surface area contributed by atoms with Gasteiger partial charge in [-0.05, 0) is 53.8 Å². The fourth-order valence-corrected chi connectivity index (χ4v) is 5.51. The van der Waals surface area contributed by atoms with Crippen LogP contribution < -0.4 is 0 Å². The van der Waals surface area contributed by atoms with Crippen molar-refractivity contribution in [3.8, 4) is 11.8 Å². The molecule has 3 aromatic rings. The number of benzene rings is 3. The summed E-state index contributed by atoms with van der Waals surface area (Å²) in [4.78, 5) is 0. The summed E-state index contributed by atoms with van der Waals surface area (Å²) in [5.41, 5.74) is 1.53. The van der Waals surface area contributed by atoms with E-state index in [1.807, 2.05) is 18.2 Å². The van der Waals surface area contributed by atoms with Crippen molar-refractivity contribution >= 4 is 22.4 Å². The largest absolute Gasteiger partial charge is 0.205 e. The molecule has 0 aliphatic heterocycles. The van der Waals surface area contributed by atoms with Crippen LogP contribution in [-0.4, -0.2) is 0 Å². The lowest BCUT2D eigenvalue weighted by molar-refractivity contribution is 0.249. The zero-order chi connectivity index (χ0) is 25.5. The second-order valence-electron chi connectivity index (χ2n) is 10.3. The van der Waals surface area contributed by atoms with E-state index in [1.54, 1.807) is 6.07 Å². The van der Waals surface area contributed by atoms with E-state index in [0.29, 0.717) is 5.39 Å². The first kappa shape index (κ1) is 26.6. The van der Waals surface area contributed by atoms with E-state index in [-0.39, 0.29) is 11.1 Å². The van der Waals surface area contributed by atoms with Crippen LogP contribution in [0.4, 0.5) is 13.2 Å². The number of aryl methyl sites for hydroxylation is 1. The van der Waals surface area contributed by atoms with Gasteiger partial charge in [0, 0.05) is 10.9 Å². The monoisotopic (exact) mass is 510 g/mol. The first-order valence-electron chi connectivity index (χ1n) is 13.3. The maximum absolute atomic E-state index is 15.1. The molecule has 4 heteroatoms. The van der Waals surface area contributed by atoms with Crippen molar-refractivity contribution in [2.24, 2.45) is 11.8 Å². The second kappa shape index (κ2) is 12.7. The number of halogens is 4. The second-order valence-corrected chi connectivity index (χ2v) is 10.6. The predicted molar refractivity (Wildman–Crippen MR) is 144 cm³/mol. The summed E-state index contributed by atoms with van der Waals surface area (Å²) in [7, 11) is 0. The topological polar surface area (TPSA) is 0 Å². The van der Waals surface area contributed by atoms with Gasteiger partial charge in [-0.25, -0.2) is 13.2 Å². The average Bonchev–Trinajstić information content (AvgIpc) is 2.88. The van der Waals surface area contributed by atoms with Gasteiger partial charge < -0.3 is 0 Å². The Hall–Kier alpha value is -2.44. The van der Waals surface area contributed by atoms with Gasteiger partial charge in [-0.1, -0.05) is 112 Å². The molecule has 190 valence electrons. The van der Waals surface area contributed by atoms with Gasteiger partial charge in [0.15, 0.2) is 0 Å². The van der Waals surface area contributed by atoms with Gasteiger partial charge in [0.05, 0.1) is 5.56 Å². The van der Waals surface area contributed by atoms with Crippen LogP contribution in [0.2, 0.25) is 5.02 Å².